The maximum atomic E-state index is 5.97. The van der Waals surface area contributed by atoms with Crippen LogP contribution in [-0.4, -0.2) is 19.5 Å². The lowest BCUT2D eigenvalue weighted by Crippen LogP contribution is -2.04. The minimum absolute atomic E-state index is 0.329. The molecule has 0 saturated heterocycles. The van der Waals surface area contributed by atoms with Gasteiger partial charge in [0.25, 0.3) is 0 Å². The summed E-state index contributed by atoms with van der Waals surface area (Å²) in [5.74, 6) is 2.52. The molecule has 3 aromatic heterocycles. The van der Waals surface area contributed by atoms with Crippen LogP contribution in [0, 0.1) is 13.8 Å². The quantitative estimate of drug-likeness (QED) is 0.690. The van der Waals surface area contributed by atoms with Crippen LogP contribution in [-0.2, 0) is 12.4 Å². The monoisotopic (exact) mass is 276 g/mol. The first-order valence-electron chi connectivity index (χ1n) is 5.97. The van der Waals surface area contributed by atoms with Crippen molar-refractivity contribution in [2.75, 3.05) is 0 Å². The fourth-order valence-corrected chi connectivity index (χ4v) is 2.27. The lowest BCUT2D eigenvalue weighted by Gasteiger charge is -2.03. The van der Waals surface area contributed by atoms with E-state index in [1.165, 1.54) is 0 Å². The van der Waals surface area contributed by atoms with Crippen molar-refractivity contribution < 1.29 is 4.42 Å². The highest BCUT2D eigenvalue weighted by atomic mass is 35.5. The maximum absolute atomic E-state index is 5.97. The van der Waals surface area contributed by atoms with Gasteiger partial charge in [-0.3, -0.25) is 0 Å². The highest BCUT2D eigenvalue weighted by molar-refractivity contribution is 6.16. The van der Waals surface area contributed by atoms with Crippen molar-refractivity contribution in [2.45, 2.75) is 26.3 Å². The zero-order chi connectivity index (χ0) is 13.4. The number of hydrogen-bond acceptors (Lipinski definition) is 4. The van der Waals surface area contributed by atoms with Gasteiger partial charge in [-0.1, -0.05) is 0 Å². The average Bonchev–Trinajstić information content (AvgIpc) is 2.96. The van der Waals surface area contributed by atoms with E-state index in [2.05, 4.69) is 15.0 Å². The summed E-state index contributed by atoms with van der Waals surface area (Å²) in [5.41, 5.74) is 2.77. The number of nitrogens with zero attached hydrogens (tertiary/aromatic N) is 4. The molecule has 0 unspecified atom stereocenters. The summed E-state index contributed by atoms with van der Waals surface area (Å²) in [6.07, 6.45) is 3.47. The summed E-state index contributed by atoms with van der Waals surface area (Å²) >= 11 is 5.97. The Balaban J connectivity index is 2.13. The molecule has 0 aliphatic rings. The Hall–Kier alpha value is -1.88. The van der Waals surface area contributed by atoms with E-state index in [0.717, 1.165) is 28.3 Å². The normalized spacial score (nSPS) is 11.3. The lowest BCUT2D eigenvalue weighted by atomic mass is 10.3. The summed E-state index contributed by atoms with van der Waals surface area (Å²) in [6.45, 7) is 4.37. The van der Waals surface area contributed by atoms with Crippen molar-refractivity contribution in [3.05, 3.63) is 41.5 Å². The van der Waals surface area contributed by atoms with E-state index in [0.29, 0.717) is 18.3 Å². The molecule has 0 amide bonds. The minimum atomic E-state index is 0.329. The van der Waals surface area contributed by atoms with Crippen molar-refractivity contribution in [1.29, 1.82) is 0 Å². The third kappa shape index (κ3) is 2.10. The molecule has 3 aromatic rings. The van der Waals surface area contributed by atoms with Gasteiger partial charge in [0.05, 0.1) is 12.1 Å². The molecule has 6 heteroatoms. The van der Waals surface area contributed by atoms with Crippen LogP contribution in [0.25, 0.3) is 11.2 Å². The number of fused-ring (bicyclic) bond motifs is 1. The Morgan fingerprint density at radius 1 is 1.32 bits per heavy atom. The van der Waals surface area contributed by atoms with Crippen LogP contribution in [0.3, 0.4) is 0 Å². The number of halogens is 1. The van der Waals surface area contributed by atoms with Crippen LogP contribution in [0.5, 0.6) is 0 Å². The summed E-state index contributed by atoms with van der Waals surface area (Å²) < 4.78 is 7.45. The van der Waals surface area contributed by atoms with E-state index >= 15 is 0 Å². The van der Waals surface area contributed by atoms with Crippen LogP contribution in [0.1, 0.15) is 23.0 Å². The standard InChI is InChI=1S/C13H13ClN4O/c1-8-3-4-15-13-12(8)17-10(5-14)18(13)7-11-16-6-9(2)19-11/h3-4,6H,5,7H2,1-2H3. The number of pyridine rings is 1. The molecular formula is C13H13ClN4O. The fourth-order valence-electron chi connectivity index (χ4n) is 2.06. The van der Waals surface area contributed by atoms with Crippen LogP contribution in [0.4, 0.5) is 0 Å². The van der Waals surface area contributed by atoms with Gasteiger partial charge in [-0.25, -0.2) is 15.0 Å². The van der Waals surface area contributed by atoms with Crippen molar-refractivity contribution in [1.82, 2.24) is 19.5 Å². The predicted octanol–water partition coefficient (Wildman–Crippen LogP) is 2.82. The van der Waals surface area contributed by atoms with E-state index in [1.54, 1.807) is 12.4 Å². The second-order valence-corrected chi connectivity index (χ2v) is 4.68. The number of imidazole rings is 1. The van der Waals surface area contributed by atoms with Crippen molar-refractivity contribution in [3.63, 3.8) is 0 Å². The van der Waals surface area contributed by atoms with E-state index in [-0.39, 0.29) is 0 Å². The average molecular weight is 277 g/mol. The first kappa shape index (κ1) is 12.2. The van der Waals surface area contributed by atoms with Gasteiger partial charge in [-0.05, 0) is 25.5 Å². The Labute approximate surface area is 115 Å². The molecule has 3 rings (SSSR count). The van der Waals surface area contributed by atoms with E-state index in [1.807, 2.05) is 24.5 Å². The number of aromatic nitrogens is 4. The van der Waals surface area contributed by atoms with Gasteiger partial charge in [0.15, 0.2) is 5.65 Å². The highest BCUT2D eigenvalue weighted by Gasteiger charge is 2.14. The number of hydrogen-bond donors (Lipinski definition) is 0. The van der Waals surface area contributed by atoms with Crippen molar-refractivity contribution >= 4 is 22.8 Å². The fraction of sp³-hybridized carbons (Fsp3) is 0.308. The van der Waals surface area contributed by atoms with Crippen LogP contribution in [0.2, 0.25) is 0 Å². The molecule has 0 aliphatic carbocycles. The summed E-state index contributed by atoms with van der Waals surface area (Å²) in [6, 6.07) is 1.94. The summed E-state index contributed by atoms with van der Waals surface area (Å²) in [5, 5.41) is 0. The second-order valence-electron chi connectivity index (χ2n) is 4.41. The maximum Gasteiger partial charge on any atom is 0.214 e. The van der Waals surface area contributed by atoms with Crippen LogP contribution >= 0.6 is 11.6 Å². The first-order chi connectivity index (χ1) is 9.19. The Morgan fingerprint density at radius 3 is 2.84 bits per heavy atom. The molecule has 0 aromatic carbocycles. The molecule has 0 fully saturated rings. The zero-order valence-corrected chi connectivity index (χ0v) is 11.5. The van der Waals surface area contributed by atoms with E-state index < -0.39 is 0 Å². The Morgan fingerprint density at radius 2 is 2.16 bits per heavy atom. The van der Waals surface area contributed by atoms with Gasteiger partial charge >= 0.3 is 0 Å². The van der Waals surface area contributed by atoms with Crippen LogP contribution in [0.15, 0.2) is 22.9 Å². The predicted molar refractivity (Wildman–Crippen MR) is 72.2 cm³/mol. The minimum Gasteiger partial charge on any atom is -0.444 e. The molecule has 98 valence electrons. The second kappa shape index (κ2) is 4.66. The number of rotatable bonds is 3. The molecule has 0 N–H and O–H groups in total. The van der Waals surface area contributed by atoms with Gasteiger partial charge in [0.1, 0.15) is 23.6 Å². The highest BCUT2D eigenvalue weighted by Crippen LogP contribution is 2.20. The van der Waals surface area contributed by atoms with Gasteiger partial charge in [0.2, 0.25) is 5.89 Å². The molecule has 0 saturated carbocycles. The molecule has 5 nitrogen and oxygen atoms in total. The van der Waals surface area contributed by atoms with Gasteiger partial charge < -0.3 is 8.98 Å². The molecule has 0 spiro atoms. The van der Waals surface area contributed by atoms with Gasteiger partial charge in [-0.15, -0.1) is 11.6 Å². The molecule has 3 heterocycles. The third-order valence-electron chi connectivity index (χ3n) is 3.00. The summed E-state index contributed by atoms with van der Waals surface area (Å²) in [4.78, 5) is 13.1. The lowest BCUT2D eigenvalue weighted by molar-refractivity contribution is 0.457. The third-order valence-corrected chi connectivity index (χ3v) is 3.24. The van der Waals surface area contributed by atoms with Gasteiger partial charge in [-0.2, -0.15) is 0 Å². The van der Waals surface area contributed by atoms with E-state index in [4.69, 9.17) is 16.0 Å². The van der Waals surface area contributed by atoms with Gasteiger partial charge in [0, 0.05) is 6.20 Å². The SMILES string of the molecule is Cc1cnc(Cn2c(CCl)nc3c(C)ccnc32)o1. The molecule has 0 bridgehead atoms. The zero-order valence-electron chi connectivity index (χ0n) is 10.7. The van der Waals surface area contributed by atoms with Crippen LogP contribution < -0.4 is 0 Å². The molecule has 0 radical (unpaired) electrons. The first-order valence-corrected chi connectivity index (χ1v) is 6.50. The smallest absolute Gasteiger partial charge is 0.214 e. The number of aryl methyl sites for hydroxylation is 2. The molecular weight excluding hydrogens is 264 g/mol. The largest absolute Gasteiger partial charge is 0.444 e. The Bertz CT molecular complexity index is 731. The molecule has 19 heavy (non-hydrogen) atoms. The van der Waals surface area contributed by atoms with E-state index in [9.17, 15) is 0 Å². The topological polar surface area (TPSA) is 56.7 Å². The molecule has 0 atom stereocenters. The van der Waals surface area contributed by atoms with Crippen molar-refractivity contribution in [3.8, 4) is 0 Å². The molecule has 0 aliphatic heterocycles. The number of oxazole rings is 1. The summed E-state index contributed by atoms with van der Waals surface area (Å²) in [7, 11) is 0. The number of alkyl halides is 1. The van der Waals surface area contributed by atoms with Crippen molar-refractivity contribution in [2.24, 2.45) is 0 Å². The Kier molecular flexibility index (Phi) is 2.98.